The molecule has 2 aliphatic rings. The second-order valence-electron chi connectivity index (χ2n) is 6.76. The Kier molecular flexibility index (Phi) is 5.01. The van der Waals surface area contributed by atoms with Crippen molar-refractivity contribution < 1.29 is 22.3 Å². The summed E-state index contributed by atoms with van der Waals surface area (Å²) in [6, 6.07) is 6.35. The lowest BCUT2D eigenvalue weighted by atomic mass is 9.87. The van der Waals surface area contributed by atoms with Crippen molar-refractivity contribution in [3.05, 3.63) is 47.2 Å². The maximum absolute atomic E-state index is 14.7. The third-order valence-corrected chi connectivity index (χ3v) is 6.51. The number of halogens is 4. The average molecular weight is 427 g/mol. The van der Waals surface area contributed by atoms with Crippen molar-refractivity contribution in [3.63, 3.8) is 0 Å². The number of hydrogen-bond acceptors (Lipinski definition) is 7. The number of alkyl halides is 2. The molecule has 0 spiro atoms. The number of benzene rings is 1. The average Bonchev–Trinajstić information content (AvgIpc) is 3.07. The van der Waals surface area contributed by atoms with E-state index in [1.807, 2.05) is 0 Å². The molecule has 1 fully saturated rings. The molecule has 0 bridgehead atoms. The second kappa shape index (κ2) is 7.36. The Hall–Kier alpha value is -2.56. The second-order valence-corrected chi connectivity index (χ2v) is 8.11. The van der Waals surface area contributed by atoms with Crippen LogP contribution in [0.2, 0.25) is 0 Å². The Labute approximate surface area is 168 Å². The largest absolute Gasteiger partial charge is 0.479 e. The number of aromatic nitrogens is 2. The lowest BCUT2D eigenvalue weighted by Gasteiger charge is -2.36. The molecule has 4 rings (SSSR count). The van der Waals surface area contributed by atoms with Crippen molar-refractivity contribution in [1.29, 1.82) is 0 Å². The van der Waals surface area contributed by atoms with Gasteiger partial charge in [0.05, 0.1) is 11.9 Å². The molecule has 0 unspecified atom stereocenters. The first-order chi connectivity index (χ1) is 13.9. The highest BCUT2D eigenvalue weighted by Gasteiger charge is 2.52. The molecule has 29 heavy (non-hydrogen) atoms. The van der Waals surface area contributed by atoms with Gasteiger partial charge in [0.2, 0.25) is 11.8 Å². The van der Waals surface area contributed by atoms with Crippen LogP contribution in [0.1, 0.15) is 17.7 Å². The van der Waals surface area contributed by atoms with Crippen LogP contribution in [-0.2, 0) is 4.75 Å². The first kappa shape index (κ1) is 19.7. The third-order valence-electron chi connectivity index (χ3n) is 5.13. The fraction of sp³-hybridized carbons (Fsp3) is 0.389. The van der Waals surface area contributed by atoms with Gasteiger partial charge < -0.3 is 15.4 Å². The molecular formula is C18H17F4N5OS. The molecule has 2 atom stereocenters. The van der Waals surface area contributed by atoms with Crippen LogP contribution in [0.4, 0.5) is 23.5 Å². The summed E-state index contributed by atoms with van der Waals surface area (Å²) >= 11 is 1.23. The monoisotopic (exact) mass is 427 g/mol. The quantitative estimate of drug-likeness (QED) is 0.756. The van der Waals surface area contributed by atoms with Gasteiger partial charge in [-0.15, -0.1) is 0 Å². The number of anilines is 1. The predicted molar refractivity (Wildman–Crippen MR) is 101 cm³/mol. The molecule has 0 radical (unpaired) electrons. The maximum atomic E-state index is 14.7. The van der Waals surface area contributed by atoms with E-state index < -0.39 is 34.4 Å². The Bertz CT molecular complexity index is 975. The molecular weight excluding hydrogens is 410 g/mol. The summed E-state index contributed by atoms with van der Waals surface area (Å²) in [6.45, 7) is 0.843. The number of aliphatic imine (C=N–C) groups is 1. The van der Waals surface area contributed by atoms with E-state index in [0.717, 1.165) is 7.11 Å². The number of thioether (sulfide) groups is 1. The van der Waals surface area contributed by atoms with E-state index in [4.69, 9.17) is 10.5 Å². The van der Waals surface area contributed by atoms with Crippen LogP contribution in [0.15, 0.2) is 29.3 Å². The Balaban J connectivity index is 1.78. The topological polar surface area (TPSA) is 76.6 Å². The molecule has 11 heteroatoms. The van der Waals surface area contributed by atoms with Crippen molar-refractivity contribution in [2.45, 2.75) is 11.2 Å². The summed E-state index contributed by atoms with van der Waals surface area (Å²) in [5.41, 5.74) is 5.35. The molecule has 3 heterocycles. The van der Waals surface area contributed by atoms with E-state index in [2.05, 4.69) is 15.0 Å². The van der Waals surface area contributed by atoms with Gasteiger partial charge in [0.15, 0.2) is 10.9 Å². The first-order valence-electron chi connectivity index (χ1n) is 8.74. The van der Waals surface area contributed by atoms with E-state index in [1.54, 1.807) is 23.1 Å². The number of rotatable bonds is 4. The van der Waals surface area contributed by atoms with E-state index in [0.29, 0.717) is 23.8 Å². The smallest absolute Gasteiger partial charge is 0.283 e. The van der Waals surface area contributed by atoms with E-state index in [9.17, 15) is 17.6 Å². The van der Waals surface area contributed by atoms with Crippen LogP contribution < -0.4 is 15.4 Å². The molecule has 2 aliphatic heterocycles. The Morgan fingerprint density at radius 2 is 2.03 bits per heavy atom. The van der Waals surface area contributed by atoms with Gasteiger partial charge in [-0.2, -0.15) is 9.37 Å². The highest BCUT2D eigenvalue weighted by Crippen LogP contribution is 2.51. The number of amidine groups is 1. The van der Waals surface area contributed by atoms with Gasteiger partial charge >= 0.3 is 0 Å². The summed E-state index contributed by atoms with van der Waals surface area (Å²) in [5, 5.41) is 0.317. The zero-order chi connectivity index (χ0) is 20.8. The Morgan fingerprint density at radius 3 is 2.72 bits per heavy atom. The molecule has 0 aliphatic carbocycles. The minimum atomic E-state index is -3.13. The fourth-order valence-electron chi connectivity index (χ4n) is 3.80. The normalized spacial score (nSPS) is 23.9. The number of hydrogen-bond donors (Lipinski definition) is 1. The van der Waals surface area contributed by atoms with Gasteiger partial charge in [0.1, 0.15) is 5.82 Å². The minimum Gasteiger partial charge on any atom is -0.479 e. The summed E-state index contributed by atoms with van der Waals surface area (Å²) < 4.78 is 59.3. The van der Waals surface area contributed by atoms with E-state index in [-0.39, 0.29) is 18.4 Å². The SMILES string of the molecule is COc1nc(N2C[C@@H]3CN=C(N)S[C@@]3(c3ccccc3F)C2)nc(C(F)F)c1F. The van der Waals surface area contributed by atoms with Gasteiger partial charge in [-0.1, -0.05) is 30.0 Å². The molecule has 1 saturated heterocycles. The highest BCUT2D eigenvalue weighted by atomic mass is 32.2. The van der Waals surface area contributed by atoms with Crippen molar-refractivity contribution >= 4 is 22.9 Å². The molecule has 1 aromatic heterocycles. The number of fused-ring (bicyclic) bond motifs is 1. The minimum absolute atomic E-state index is 0.108. The van der Waals surface area contributed by atoms with Crippen molar-refractivity contribution in [2.75, 3.05) is 31.6 Å². The van der Waals surface area contributed by atoms with Gasteiger partial charge in [-0.05, 0) is 6.07 Å². The molecule has 2 N–H and O–H groups in total. The summed E-state index contributed by atoms with van der Waals surface area (Å²) in [5.74, 6) is -2.54. The predicted octanol–water partition coefficient (Wildman–Crippen LogP) is 3.09. The van der Waals surface area contributed by atoms with Gasteiger partial charge in [-0.3, -0.25) is 4.99 Å². The molecule has 2 aromatic rings. The van der Waals surface area contributed by atoms with Crippen LogP contribution in [0.5, 0.6) is 5.88 Å². The summed E-state index contributed by atoms with van der Waals surface area (Å²) in [7, 11) is 1.14. The first-order valence-corrected chi connectivity index (χ1v) is 9.56. The highest BCUT2D eigenvalue weighted by molar-refractivity contribution is 8.14. The number of nitrogens with two attached hydrogens (primary N) is 1. The zero-order valence-corrected chi connectivity index (χ0v) is 16.1. The van der Waals surface area contributed by atoms with Crippen molar-refractivity contribution in [3.8, 4) is 5.88 Å². The van der Waals surface area contributed by atoms with Crippen LogP contribution in [0.3, 0.4) is 0 Å². The number of methoxy groups -OCH3 is 1. The van der Waals surface area contributed by atoms with E-state index in [1.165, 1.54) is 17.8 Å². The van der Waals surface area contributed by atoms with Gasteiger partial charge in [0.25, 0.3) is 12.3 Å². The standard InChI is InChI=1S/C18H17F4N5OS/c1-28-15-12(20)13(14(21)22)25-17(26-15)27-7-9-6-24-16(23)29-18(9,8-27)10-4-2-3-5-11(10)19/h2-5,9,14H,6-8H2,1H3,(H2,23,24)/t9-,18-/m0/s1. The maximum Gasteiger partial charge on any atom is 0.283 e. The zero-order valence-electron chi connectivity index (χ0n) is 15.3. The number of ether oxygens (including phenoxy) is 1. The lowest BCUT2D eigenvalue weighted by molar-refractivity contribution is 0.139. The van der Waals surface area contributed by atoms with Crippen LogP contribution in [-0.4, -0.2) is 41.9 Å². The van der Waals surface area contributed by atoms with Crippen LogP contribution in [0, 0.1) is 17.6 Å². The van der Waals surface area contributed by atoms with Crippen molar-refractivity contribution in [2.24, 2.45) is 16.6 Å². The Morgan fingerprint density at radius 1 is 1.28 bits per heavy atom. The summed E-state index contributed by atoms with van der Waals surface area (Å²) in [4.78, 5) is 13.6. The molecule has 0 amide bonds. The molecule has 1 aromatic carbocycles. The summed E-state index contributed by atoms with van der Waals surface area (Å²) in [6.07, 6.45) is -3.13. The van der Waals surface area contributed by atoms with Gasteiger partial charge in [0, 0.05) is 31.1 Å². The fourth-order valence-corrected chi connectivity index (χ4v) is 5.12. The van der Waals surface area contributed by atoms with Crippen molar-refractivity contribution in [1.82, 2.24) is 9.97 Å². The van der Waals surface area contributed by atoms with E-state index >= 15 is 0 Å². The molecule has 154 valence electrons. The molecule has 0 saturated carbocycles. The van der Waals surface area contributed by atoms with Gasteiger partial charge in [-0.25, -0.2) is 18.2 Å². The lowest BCUT2D eigenvalue weighted by Crippen LogP contribution is -2.40. The molecule has 6 nitrogen and oxygen atoms in total. The van der Waals surface area contributed by atoms with Crippen LogP contribution >= 0.6 is 11.8 Å². The third kappa shape index (κ3) is 3.26. The van der Waals surface area contributed by atoms with Crippen LogP contribution in [0.25, 0.3) is 0 Å². The number of nitrogens with zero attached hydrogens (tertiary/aromatic N) is 4.